The molecule has 1 fully saturated rings. The molecular formula is C22H23N3O4. The van der Waals surface area contributed by atoms with E-state index in [4.69, 9.17) is 14.0 Å². The average molecular weight is 393 g/mol. The minimum absolute atomic E-state index is 0.0895. The van der Waals surface area contributed by atoms with Crippen LogP contribution in [0.2, 0.25) is 0 Å². The number of carbonyl (C=O) groups is 1. The van der Waals surface area contributed by atoms with E-state index in [1.54, 1.807) is 12.0 Å². The minimum atomic E-state index is -0.214. The Bertz CT molecular complexity index is 966. The molecule has 1 atom stereocenters. The van der Waals surface area contributed by atoms with Gasteiger partial charge in [-0.3, -0.25) is 4.79 Å². The van der Waals surface area contributed by atoms with Crippen LogP contribution in [0, 0.1) is 0 Å². The van der Waals surface area contributed by atoms with E-state index in [0.717, 1.165) is 22.6 Å². The molecule has 0 N–H and O–H groups in total. The van der Waals surface area contributed by atoms with E-state index in [-0.39, 0.29) is 11.9 Å². The summed E-state index contributed by atoms with van der Waals surface area (Å²) in [6, 6.07) is 15.0. The number of likely N-dealkylation sites (tertiary alicyclic amines) is 1. The number of ether oxygens (including phenoxy) is 2. The fourth-order valence-corrected chi connectivity index (χ4v) is 3.47. The number of amides is 1. The van der Waals surface area contributed by atoms with Gasteiger partial charge in [0.2, 0.25) is 17.6 Å². The van der Waals surface area contributed by atoms with Gasteiger partial charge < -0.3 is 18.9 Å². The van der Waals surface area contributed by atoms with Crippen LogP contribution in [0.5, 0.6) is 11.5 Å². The van der Waals surface area contributed by atoms with Crippen LogP contribution in [-0.2, 0) is 11.3 Å². The topological polar surface area (TPSA) is 77.7 Å². The standard InChI is InChI=1S/C22H23N3O4/c1-3-28-18-10-6-16(7-11-18)21-23-22(29-24-21)19-12-13-20(26)25(19)14-15-4-8-17(27-2)9-5-15/h4-11,19H,3,12-14H2,1-2H3. The van der Waals surface area contributed by atoms with E-state index >= 15 is 0 Å². The molecule has 1 amide bonds. The quantitative estimate of drug-likeness (QED) is 0.604. The molecule has 0 aliphatic carbocycles. The van der Waals surface area contributed by atoms with Crippen molar-refractivity contribution in [2.45, 2.75) is 32.4 Å². The van der Waals surface area contributed by atoms with E-state index in [1.807, 2.05) is 55.5 Å². The van der Waals surface area contributed by atoms with Crippen LogP contribution in [0.25, 0.3) is 11.4 Å². The first-order chi connectivity index (χ1) is 14.2. The Hall–Kier alpha value is -3.35. The first-order valence-electron chi connectivity index (χ1n) is 9.67. The van der Waals surface area contributed by atoms with E-state index in [9.17, 15) is 4.79 Å². The van der Waals surface area contributed by atoms with Gasteiger partial charge >= 0.3 is 0 Å². The third kappa shape index (κ3) is 4.08. The molecule has 150 valence electrons. The van der Waals surface area contributed by atoms with Crippen LogP contribution in [0.15, 0.2) is 53.1 Å². The molecular weight excluding hydrogens is 370 g/mol. The van der Waals surface area contributed by atoms with E-state index in [2.05, 4.69) is 10.1 Å². The molecule has 0 spiro atoms. The number of benzene rings is 2. The summed E-state index contributed by atoms with van der Waals surface area (Å²) in [7, 11) is 1.63. The van der Waals surface area contributed by atoms with E-state index in [0.29, 0.717) is 37.7 Å². The molecule has 29 heavy (non-hydrogen) atoms. The highest BCUT2D eigenvalue weighted by molar-refractivity contribution is 5.78. The first kappa shape index (κ1) is 19.0. The molecule has 0 bridgehead atoms. The van der Waals surface area contributed by atoms with Gasteiger partial charge in [0, 0.05) is 18.5 Å². The number of carbonyl (C=O) groups excluding carboxylic acids is 1. The lowest BCUT2D eigenvalue weighted by Gasteiger charge is -2.22. The van der Waals surface area contributed by atoms with Crippen LogP contribution in [0.1, 0.15) is 37.3 Å². The number of rotatable bonds is 7. The molecule has 4 rings (SSSR count). The summed E-state index contributed by atoms with van der Waals surface area (Å²) < 4.78 is 16.2. The maximum Gasteiger partial charge on any atom is 0.249 e. The Kier molecular flexibility index (Phi) is 5.46. The molecule has 0 radical (unpaired) electrons. The van der Waals surface area contributed by atoms with Crippen molar-refractivity contribution in [3.8, 4) is 22.9 Å². The van der Waals surface area contributed by atoms with E-state index in [1.165, 1.54) is 0 Å². The zero-order valence-corrected chi connectivity index (χ0v) is 16.5. The van der Waals surface area contributed by atoms with Crippen LogP contribution < -0.4 is 9.47 Å². The molecule has 1 saturated heterocycles. The van der Waals surface area contributed by atoms with Crippen LogP contribution in [-0.4, -0.2) is 34.7 Å². The van der Waals surface area contributed by atoms with Crippen LogP contribution >= 0.6 is 0 Å². The fraction of sp³-hybridized carbons (Fsp3) is 0.318. The minimum Gasteiger partial charge on any atom is -0.497 e. The van der Waals surface area contributed by atoms with Gasteiger partial charge in [0.05, 0.1) is 13.7 Å². The smallest absolute Gasteiger partial charge is 0.249 e. The molecule has 2 heterocycles. The van der Waals surface area contributed by atoms with Gasteiger partial charge in [0.25, 0.3) is 0 Å². The molecule has 7 nitrogen and oxygen atoms in total. The molecule has 3 aromatic rings. The Morgan fingerprint density at radius 3 is 2.52 bits per heavy atom. The molecule has 1 aromatic heterocycles. The highest BCUT2D eigenvalue weighted by Gasteiger charge is 2.36. The Morgan fingerprint density at radius 1 is 1.10 bits per heavy atom. The van der Waals surface area contributed by atoms with Crippen LogP contribution in [0.4, 0.5) is 0 Å². The predicted octanol–water partition coefficient (Wildman–Crippen LogP) is 4.01. The third-order valence-corrected chi connectivity index (χ3v) is 4.99. The highest BCUT2D eigenvalue weighted by Crippen LogP contribution is 2.34. The van der Waals surface area contributed by atoms with Gasteiger partial charge in [-0.2, -0.15) is 4.98 Å². The summed E-state index contributed by atoms with van der Waals surface area (Å²) in [5, 5.41) is 4.11. The molecule has 1 aliphatic heterocycles. The maximum absolute atomic E-state index is 12.5. The van der Waals surface area contributed by atoms with Gasteiger partial charge in [-0.05, 0) is 55.3 Å². The number of aromatic nitrogens is 2. The summed E-state index contributed by atoms with van der Waals surface area (Å²) in [6.07, 6.45) is 1.14. The summed E-state index contributed by atoms with van der Waals surface area (Å²) >= 11 is 0. The van der Waals surface area contributed by atoms with Crippen molar-refractivity contribution in [1.29, 1.82) is 0 Å². The number of methoxy groups -OCH3 is 1. The number of hydrogen-bond donors (Lipinski definition) is 0. The lowest BCUT2D eigenvalue weighted by molar-refractivity contribution is -0.129. The van der Waals surface area contributed by atoms with Gasteiger partial charge in [-0.1, -0.05) is 17.3 Å². The SMILES string of the molecule is CCOc1ccc(-c2noc(C3CCC(=O)N3Cc3ccc(OC)cc3)n2)cc1. The summed E-state index contributed by atoms with van der Waals surface area (Å²) in [6.45, 7) is 3.06. The molecule has 1 unspecified atom stereocenters. The molecule has 1 aliphatic rings. The highest BCUT2D eigenvalue weighted by atomic mass is 16.5. The monoisotopic (exact) mass is 393 g/mol. The zero-order valence-electron chi connectivity index (χ0n) is 16.5. The van der Waals surface area contributed by atoms with Gasteiger partial charge in [-0.15, -0.1) is 0 Å². The Balaban J connectivity index is 1.51. The zero-order chi connectivity index (χ0) is 20.2. The molecule has 0 saturated carbocycles. The van der Waals surface area contributed by atoms with Gasteiger partial charge in [0.15, 0.2) is 0 Å². The number of hydrogen-bond acceptors (Lipinski definition) is 6. The Labute approximate surface area is 169 Å². The lowest BCUT2D eigenvalue weighted by atomic mass is 10.1. The van der Waals surface area contributed by atoms with Crippen molar-refractivity contribution in [3.63, 3.8) is 0 Å². The van der Waals surface area contributed by atoms with Crippen LogP contribution in [0.3, 0.4) is 0 Å². The van der Waals surface area contributed by atoms with Crippen molar-refractivity contribution >= 4 is 5.91 Å². The van der Waals surface area contributed by atoms with Gasteiger partial charge in [-0.25, -0.2) is 0 Å². The maximum atomic E-state index is 12.5. The Morgan fingerprint density at radius 2 is 1.83 bits per heavy atom. The average Bonchev–Trinajstić information content (AvgIpc) is 3.37. The second-order valence-electron chi connectivity index (χ2n) is 6.84. The molecule has 2 aromatic carbocycles. The van der Waals surface area contributed by atoms with Crippen molar-refractivity contribution in [1.82, 2.24) is 15.0 Å². The second kappa shape index (κ2) is 8.34. The lowest BCUT2D eigenvalue weighted by Crippen LogP contribution is -2.27. The summed E-state index contributed by atoms with van der Waals surface area (Å²) in [5.41, 5.74) is 1.87. The van der Waals surface area contributed by atoms with Crippen molar-refractivity contribution in [2.75, 3.05) is 13.7 Å². The van der Waals surface area contributed by atoms with Crippen molar-refractivity contribution in [3.05, 3.63) is 60.0 Å². The fourth-order valence-electron chi connectivity index (χ4n) is 3.47. The normalized spacial score (nSPS) is 16.3. The second-order valence-corrected chi connectivity index (χ2v) is 6.84. The van der Waals surface area contributed by atoms with Crippen molar-refractivity contribution < 1.29 is 18.8 Å². The van der Waals surface area contributed by atoms with Crippen molar-refractivity contribution in [2.24, 2.45) is 0 Å². The first-order valence-corrected chi connectivity index (χ1v) is 9.67. The predicted molar refractivity (Wildman–Crippen MR) is 106 cm³/mol. The van der Waals surface area contributed by atoms with E-state index < -0.39 is 0 Å². The van der Waals surface area contributed by atoms with Gasteiger partial charge in [0.1, 0.15) is 17.5 Å². The largest absolute Gasteiger partial charge is 0.497 e. The summed E-state index contributed by atoms with van der Waals surface area (Å²) in [4.78, 5) is 18.8. The third-order valence-electron chi connectivity index (χ3n) is 4.99. The summed E-state index contributed by atoms with van der Waals surface area (Å²) in [5.74, 6) is 2.65. The molecule has 7 heteroatoms. The number of nitrogens with zero attached hydrogens (tertiary/aromatic N) is 3.